The average Bonchev–Trinajstić information content (AvgIpc) is 3.02. The number of aryl methyl sites for hydroxylation is 1. The second kappa shape index (κ2) is 6.42. The van der Waals surface area contributed by atoms with Crippen molar-refractivity contribution in [2.45, 2.75) is 25.8 Å². The van der Waals surface area contributed by atoms with Crippen molar-refractivity contribution in [3.05, 3.63) is 40.5 Å². The summed E-state index contributed by atoms with van der Waals surface area (Å²) < 4.78 is 0. The van der Waals surface area contributed by atoms with Crippen molar-refractivity contribution in [2.24, 2.45) is 5.10 Å². The number of nitrogens with one attached hydrogen (secondary N) is 2. The van der Waals surface area contributed by atoms with Gasteiger partial charge < -0.3 is 5.32 Å². The van der Waals surface area contributed by atoms with E-state index in [9.17, 15) is 4.79 Å². The summed E-state index contributed by atoms with van der Waals surface area (Å²) in [6, 6.07) is 7.76. The first-order chi connectivity index (χ1) is 10.6. The van der Waals surface area contributed by atoms with E-state index in [-0.39, 0.29) is 11.9 Å². The van der Waals surface area contributed by atoms with E-state index in [1.54, 1.807) is 0 Å². The average molecular weight is 317 g/mol. The van der Waals surface area contributed by atoms with E-state index in [1.165, 1.54) is 6.21 Å². The molecule has 0 saturated carbocycles. The number of benzene rings is 1. The Bertz CT molecular complexity index is 738. The molecule has 0 spiro atoms. The highest BCUT2D eigenvalue weighted by Crippen LogP contribution is 2.20. The van der Waals surface area contributed by atoms with Gasteiger partial charge in [-0.1, -0.05) is 23.7 Å². The van der Waals surface area contributed by atoms with Crippen LogP contribution in [0.2, 0.25) is 5.15 Å². The Balaban J connectivity index is 1.75. The lowest BCUT2D eigenvalue weighted by molar-refractivity contribution is -0.122. The van der Waals surface area contributed by atoms with Crippen LogP contribution >= 0.6 is 11.6 Å². The molecule has 1 fully saturated rings. The summed E-state index contributed by atoms with van der Waals surface area (Å²) in [5.41, 5.74) is 5.20. The SMILES string of the molecule is Cc1ccc2cc(C=NNC(=O)C3CCCN3)c(Cl)nc2c1. The molecule has 1 unspecified atom stereocenters. The molecule has 1 aliphatic heterocycles. The lowest BCUT2D eigenvalue weighted by Crippen LogP contribution is -2.38. The van der Waals surface area contributed by atoms with E-state index in [0.717, 1.165) is 35.9 Å². The van der Waals surface area contributed by atoms with Crippen molar-refractivity contribution in [3.8, 4) is 0 Å². The number of halogens is 1. The maximum atomic E-state index is 11.8. The quantitative estimate of drug-likeness (QED) is 0.519. The van der Waals surface area contributed by atoms with Gasteiger partial charge in [0, 0.05) is 10.9 Å². The van der Waals surface area contributed by atoms with Gasteiger partial charge in [0.05, 0.1) is 17.8 Å². The van der Waals surface area contributed by atoms with Crippen LogP contribution in [0.25, 0.3) is 10.9 Å². The van der Waals surface area contributed by atoms with E-state index in [0.29, 0.717) is 10.7 Å². The monoisotopic (exact) mass is 316 g/mol. The second-order valence-electron chi connectivity index (χ2n) is 5.45. The molecule has 2 heterocycles. The molecule has 114 valence electrons. The van der Waals surface area contributed by atoms with Gasteiger partial charge in [0.1, 0.15) is 5.15 Å². The molecule has 5 nitrogen and oxygen atoms in total. The zero-order chi connectivity index (χ0) is 15.5. The summed E-state index contributed by atoms with van der Waals surface area (Å²) >= 11 is 6.17. The van der Waals surface area contributed by atoms with E-state index >= 15 is 0 Å². The summed E-state index contributed by atoms with van der Waals surface area (Å²) in [5, 5.41) is 8.46. The topological polar surface area (TPSA) is 66.4 Å². The first-order valence-electron chi connectivity index (χ1n) is 7.27. The Hall–Kier alpha value is -1.98. The fraction of sp³-hybridized carbons (Fsp3) is 0.312. The van der Waals surface area contributed by atoms with Crippen LogP contribution in [0.1, 0.15) is 24.0 Å². The number of carbonyl (C=O) groups excluding carboxylic acids is 1. The fourth-order valence-electron chi connectivity index (χ4n) is 2.51. The van der Waals surface area contributed by atoms with Crippen molar-refractivity contribution in [1.82, 2.24) is 15.7 Å². The minimum absolute atomic E-state index is 0.116. The number of pyridine rings is 1. The molecule has 2 aromatic rings. The largest absolute Gasteiger partial charge is 0.306 e. The third kappa shape index (κ3) is 3.26. The summed E-state index contributed by atoms with van der Waals surface area (Å²) in [7, 11) is 0. The van der Waals surface area contributed by atoms with Gasteiger partial charge in [0.15, 0.2) is 0 Å². The predicted molar refractivity (Wildman–Crippen MR) is 88.3 cm³/mol. The van der Waals surface area contributed by atoms with E-state index in [4.69, 9.17) is 11.6 Å². The minimum Gasteiger partial charge on any atom is -0.306 e. The highest BCUT2D eigenvalue weighted by atomic mass is 35.5. The van der Waals surface area contributed by atoms with Crippen molar-refractivity contribution in [1.29, 1.82) is 0 Å². The Morgan fingerprint density at radius 3 is 3.14 bits per heavy atom. The van der Waals surface area contributed by atoms with Gasteiger partial charge in [-0.3, -0.25) is 4.79 Å². The van der Waals surface area contributed by atoms with Gasteiger partial charge in [-0.2, -0.15) is 5.10 Å². The van der Waals surface area contributed by atoms with Gasteiger partial charge in [0.2, 0.25) is 0 Å². The number of nitrogens with zero attached hydrogens (tertiary/aromatic N) is 2. The van der Waals surface area contributed by atoms with E-state index in [2.05, 4.69) is 20.8 Å². The minimum atomic E-state index is -0.148. The highest BCUT2D eigenvalue weighted by molar-refractivity contribution is 6.32. The molecule has 22 heavy (non-hydrogen) atoms. The van der Waals surface area contributed by atoms with Crippen molar-refractivity contribution in [2.75, 3.05) is 6.54 Å². The van der Waals surface area contributed by atoms with Crippen LogP contribution in [0.5, 0.6) is 0 Å². The van der Waals surface area contributed by atoms with Crippen LogP contribution in [0.15, 0.2) is 29.4 Å². The molecular weight excluding hydrogens is 300 g/mol. The molecule has 2 N–H and O–H groups in total. The summed E-state index contributed by atoms with van der Waals surface area (Å²) in [4.78, 5) is 16.2. The number of rotatable bonds is 3. The number of hydrogen-bond donors (Lipinski definition) is 2. The zero-order valence-electron chi connectivity index (χ0n) is 12.3. The molecule has 1 aromatic carbocycles. The van der Waals surface area contributed by atoms with Crippen LogP contribution in [-0.4, -0.2) is 29.7 Å². The summed E-state index contributed by atoms with van der Waals surface area (Å²) in [6.07, 6.45) is 3.39. The normalized spacial score (nSPS) is 18.2. The molecule has 1 atom stereocenters. The second-order valence-corrected chi connectivity index (χ2v) is 5.81. The van der Waals surface area contributed by atoms with Gasteiger partial charge in [-0.05, 0) is 44.0 Å². The molecule has 1 saturated heterocycles. The van der Waals surface area contributed by atoms with Crippen LogP contribution in [-0.2, 0) is 4.79 Å². The van der Waals surface area contributed by atoms with Crippen LogP contribution in [0.3, 0.4) is 0 Å². The zero-order valence-corrected chi connectivity index (χ0v) is 13.0. The number of carbonyl (C=O) groups is 1. The smallest absolute Gasteiger partial charge is 0.257 e. The first-order valence-corrected chi connectivity index (χ1v) is 7.64. The number of hydrazone groups is 1. The molecule has 6 heteroatoms. The summed E-state index contributed by atoms with van der Waals surface area (Å²) in [5.74, 6) is -0.116. The molecular formula is C16H17ClN4O. The molecule has 1 aromatic heterocycles. The van der Waals surface area contributed by atoms with E-state index < -0.39 is 0 Å². The molecule has 0 radical (unpaired) electrons. The molecule has 1 amide bonds. The van der Waals surface area contributed by atoms with Gasteiger partial charge in [-0.25, -0.2) is 10.4 Å². The van der Waals surface area contributed by atoms with Crippen LogP contribution < -0.4 is 10.7 Å². The van der Waals surface area contributed by atoms with Crippen molar-refractivity contribution >= 4 is 34.6 Å². The van der Waals surface area contributed by atoms with Crippen LogP contribution in [0.4, 0.5) is 0 Å². The van der Waals surface area contributed by atoms with Gasteiger partial charge >= 0.3 is 0 Å². The Labute approximate surface area is 133 Å². The van der Waals surface area contributed by atoms with Crippen molar-refractivity contribution < 1.29 is 4.79 Å². The number of aromatic nitrogens is 1. The lowest BCUT2D eigenvalue weighted by Gasteiger charge is -2.07. The van der Waals surface area contributed by atoms with Crippen molar-refractivity contribution in [3.63, 3.8) is 0 Å². The molecule has 0 aliphatic carbocycles. The Morgan fingerprint density at radius 2 is 2.36 bits per heavy atom. The molecule has 0 bridgehead atoms. The molecule has 1 aliphatic rings. The predicted octanol–water partition coefficient (Wildman–Crippen LogP) is 2.40. The van der Waals surface area contributed by atoms with Gasteiger partial charge in [-0.15, -0.1) is 0 Å². The summed E-state index contributed by atoms with van der Waals surface area (Å²) in [6.45, 7) is 2.89. The third-order valence-electron chi connectivity index (χ3n) is 3.71. The number of fused-ring (bicyclic) bond motifs is 1. The third-order valence-corrected chi connectivity index (χ3v) is 4.01. The van der Waals surface area contributed by atoms with Crippen LogP contribution in [0, 0.1) is 6.92 Å². The molecule has 3 rings (SSSR count). The maximum absolute atomic E-state index is 11.8. The maximum Gasteiger partial charge on any atom is 0.257 e. The standard InChI is InChI=1S/C16H17ClN4O/c1-10-4-5-11-8-12(15(17)20-14(11)7-10)9-19-21-16(22)13-3-2-6-18-13/h4-5,7-9,13,18H,2-3,6H2,1H3,(H,21,22). The van der Waals surface area contributed by atoms with E-state index in [1.807, 2.05) is 31.2 Å². The number of hydrogen-bond acceptors (Lipinski definition) is 4. The highest BCUT2D eigenvalue weighted by Gasteiger charge is 2.21. The fourth-order valence-corrected chi connectivity index (χ4v) is 2.71. The lowest BCUT2D eigenvalue weighted by atomic mass is 10.1. The van der Waals surface area contributed by atoms with Gasteiger partial charge in [0.25, 0.3) is 5.91 Å². The Kier molecular flexibility index (Phi) is 4.36. The first kappa shape index (κ1) is 14.9. The number of amides is 1. The Morgan fingerprint density at radius 1 is 1.50 bits per heavy atom.